The summed E-state index contributed by atoms with van der Waals surface area (Å²) in [7, 11) is 0. The van der Waals surface area contributed by atoms with E-state index in [4.69, 9.17) is 0 Å². The molecule has 0 bridgehead atoms. The van der Waals surface area contributed by atoms with Gasteiger partial charge in [-0.25, -0.2) is 0 Å². The highest BCUT2D eigenvalue weighted by molar-refractivity contribution is 5.35. The van der Waals surface area contributed by atoms with Crippen LogP contribution in [-0.4, -0.2) is 18.0 Å². The van der Waals surface area contributed by atoms with E-state index in [2.05, 4.69) is 11.7 Å². The summed E-state index contributed by atoms with van der Waals surface area (Å²) >= 11 is 0. The van der Waals surface area contributed by atoms with Crippen molar-refractivity contribution in [1.82, 2.24) is 0 Å². The third kappa shape index (κ3) is 7.07. The molecule has 0 saturated heterocycles. The van der Waals surface area contributed by atoms with E-state index in [0.29, 0.717) is 30.8 Å². The molecule has 0 N–H and O–H groups in total. The third-order valence-electron chi connectivity index (χ3n) is 10.8. The molecule has 0 radical (unpaired) electrons. The molecule has 0 aromatic heterocycles. The Labute approximate surface area is 237 Å². The molecule has 3 fully saturated rings. The van der Waals surface area contributed by atoms with Crippen LogP contribution in [0, 0.1) is 35.5 Å². The Morgan fingerprint density at radius 1 is 0.675 bits per heavy atom. The Bertz CT molecular complexity index is 856. The summed E-state index contributed by atoms with van der Waals surface area (Å²) < 4.78 is 92.4. The van der Waals surface area contributed by atoms with E-state index in [-0.39, 0.29) is 25.7 Å². The number of hydrogen-bond acceptors (Lipinski definition) is 1. The molecule has 7 heteroatoms. The zero-order chi connectivity index (χ0) is 29.0. The molecular weight excluding hydrogens is 526 g/mol. The van der Waals surface area contributed by atoms with Gasteiger partial charge in [-0.15, -0.1) is 0 Å². The predicted octanol–water partition coefficient (Wildman–Crippen LogP) is 11.5. The lowest BCUT2D eigenvalue weighted by molar-refractivity contribution is -0.288. The van der Waals surface area contributed by atoms with Crippen LogP contribution in [0.15, 0.2) is 23.5 Å². The van der Waals surface area contributed by atoms with Gasteiger partial charge in [0, 0.05) is 5.57 Å². The summed E-state index contributed by atoms with van der Waals surface area (Å²) in [6.45, 7) is 3.86. The Kier molecular flexibility index (Phi) is 10.7. The molecule has 0 amide bonds. The zero-order valence-corrected chi connectivity index (χ0v) is 24.5. The lowest BCUT2D eigenvalue weighted by Gasteiger charge is -2.42. The smallest absolute Gasteiger partial charge is 0.400 e. The van der Waals surface area contributed by atoms with Crippen molar-refractivity contribution >= 4 is 0 Å². The van der Waals surface area contributed by atoms with Crippen molar-refractivity contribution in [3.63, 3.8) is 0 Å². The summed E-state index contributed by atoms with van der Waals surface area (Å²) in [4.78, 5) is 0. The third-order valence-corrected chi connectivity index (χ3v) is 10.8. The molecule has 4 rings (SSSR count). The van der Waals surface area contributed by atoms with E-state index in [0.717, 1.165) is 36.7 Å². The molecule has 0 atom stereocenters. The molecule has 1 nitrogen and oxygen atoms in total. The molecule has 0 aromatic rings. The van der Waals surface area contributed by atoms with Gasteiger partial charge in [-0.05, 0) is 106 Å². The summed E-state index contributed by atoms with van der Waals surface area (Å²) in [5.41, 5.74) is -0.749. The first-order valence-corrected chi connectivity index (χ1v) is 16.2. The van der Waals surface area contributed by atoms with Crippen LogP contribution in [0.25, 0.3) is 0 Å². The molecule has 0 spiro atoms. The Morgan fingerprint density at radius 3 is 1.68 bits per heavy atom. The van der Waals surface area contributed by atoms with Gasteiger partial charge in [0.15, 0.2) is 5.76 Å². The first-order chi connectivity index (χ1) is 19.0. The molecule has 3 saturated carbocycles. The van der Waals surface area contributed by atoms with Crippen LogP contribution in [0.4, 0.5) is 26.3 Å². The maximum Gasteiger partial charge on any atom is 0.400 e. The molecule has 4 aliphatic carbocycles. The van der Waals surface area contributed by atoms with Gasteiger partial charge in [-0.3, -0.25) is 0 Å². The largest absolute Gasteiger partial charge is 0.430 e. The van der Waals surface area contributed by atoms with Gasteiger partial charge >= 0.3 is 18.0 Å². The van der Waals surface area contributed by atoms with Crippen molar-refractivity contribution < 1.29 is 31.1 Å². The van der Waals surface area contributed by atoms with Crippen molar-refractivity contribution in [2.75, 3.05) is 0 Å². The highest BCUT2D eigenvalue weighted by Crippen LogP contribution is 2.52. The van der Waals surface area contributed by atoms with Crippen LogP contribution in [0.2, 0.25) is 0 Å². The first kappa shape index (κ1) is 31.8. The minimum absolute atomic E-state index is 0.172. The van der Waals surface area contributed by atoms with Crippen LogP contribution in [0.3, 0.4) is 0 Å². The maximum absolute atomic E-state index is 15.0. The fourth-order valence-electron chi connectivity index (χ4n) is 8.23. The monoisotopic (exact) mass is 576 g/mol. The summed E-state index contributed by atoms with van der Waals surface area (Å²) in [6.07, 6.45) is 14.8. The number of alkyl halides is 6. The van der Waals surface area contributed by atoms with E-state index in [1.807, 2.05) is 0 Å². The van der Waals surface area contributed by atoms with E-state index >= 15 is 8.78 Å². The second-order valence-corrected chi connectivity index (χ2v) is 13.3. The Morgan fingerprint density at radius 2 is 1.18 bits per heavy atom. The van der Waals surface area contributed by atoms with Crippen molar-refractivity contribution in [1.29, 1.82) is 0 Å². The van der Waals surface area contributed by atoms with Crippen LogP contribution < -0.4 is 0 Å². The van der Waals surface area contributed by atoms with E-state index < -0.39 is 35.2 Å². The second-order valence-electron chi connectivity index (χ2n) is 13.3. The van der Waals surface area contributed by atoms with Crippen LogP contribution >= 0.6 is 0 Å². The fraction of sp³-hybridized carbons (Fsp3) is 0.879. The zero-order valence-electron chi connectivity index (χ0n) is 24.5. The molecule has 0 aromatic carbocycles. The van der Waals surface area contributed by atoms with Gasteiger partial charge < -0.3 is 4.74 Å². The van der Waals surface area contributed by atoms with Gasteiger partial charge in [-0.1, -0.05) is 64.9 Å². The lowest BCUT2D eigenvalue weighted by Crippen LogP contribution is -2.48. The van der Waals surface area contributed by atoms with Gasteiger partial charge in [-0.2, -0.15) is 26.3 Å². The fourth-order valence-corrected chi connectivity index (χ4v) is 8.23. The normalized spacial score (nSPS) is 34.6. The minimum atomic E-state index is -4.79. The SMILES string of the molecule is CCCCCC1CCC(C2CCC(C3CCC(C(F)(F)OC4=CC=C(CCC)C(F)(F)C4(F)F)CC3)CC2)CC1. The second kappa shape index (κ2) is 13.4. The van der Waals surface area contributed by atoms with E-state index in [1.54, 1.807) is 6.92 Å². The quantitative estimate of drug-likeness (QED) is 0.176. The van der Waals surface area contributed by atoms with Crippen LogP contribution in [0.5, 0.6) is 0 Å². The molecule has 40 heavy (non-hydrogen) atoms. The number of unbranched alkanes of at least 4 members (excludes halogenated alkanes) is 2. The molecule has 0 heterocycles. The molecule has 4 aliphatic rings. The van der Waals surface area contributed by atoms with Crippen molar-refractivity contribution in [3.8, 4) is 0 Å². The highest BCUT2D eigenvalue weighted by Gasteiger charge is 2.64. The Balaban J connectivity index is 1.22. The summed E-state index contributed by atoms with van der Waals surface area (Å²) in [5, 5.41) is 0. The number of allylic oxidation sites excluding steroid dienone is 4. The number of ether oxygens (including phenoxy) is 1. The Hall–Kier alpha value is -1.14. The van der Waals surface area contributed by atoms with Gasteiger partial charge in [0.2, 0.25) is 0 Å². The number of rotatable bonds is 11. The average molecular weight is 577 g/mol. The number of hydrogen-bond donors (Lipinski definition) is 0. The number of halogens is 6. The maximum atomic E-state index is 15.0. The predicted molar refractivity (Wildman–Crippen MR) is 147 cm³/mol. The standard InChI is InChI=1S/C33H50F6O/c1-3-5-6-8-23-9-11-24(12-10-23)25-13-15-26(16-14-25)27-17-19-29(20-18-27)33(38,39)40-30-22-21-28(7-4-2)31(34,35)32(30,36)37/h21-27,29H,3-20H2,1-2H3. The van der Waals surface area contributed by atoms with E-state index in [1.165, 1.54) is 64.2 Å². The van der Waals surface area contributed by atoms with E-state index in [9.17, 15) is 17.6 Å². The van der Waals surface area contributed by atoms with Gasteiger partial charge in [0.1, 0.15) is 0 Å². The molecule has 0 aliphatic heterocycles. The molecular formula is C33H50F6O. The molecule has 0 unspecified atom stereocenters. The van der Waals surface area contributed by atoms with Crippen molar-refractivity contribution in [3.05, 3.63) is 23.5 Å². The summed E-state index contributed by atoms with van der Waals surface area (Å²) in [6, 6.07) is 0. The first-order valence-electron chi connectivity index (χ1n) is 16.2. The highest BCUT2D eigenvalue weighted by atomic mass is 19.3. The van der Waals surface area contributed by atoms with Crippen molar-refractivity contribution in [2.45, 2.75) is 147 Å². The van der Waals surface area contributed by atoms with Crippen molar-refractivity contribution in [2.24, 2.45) is 35.5 Å². The topological polar surface area (TPSA) is 9.23 Å². The summed E-state index contributed by atoms with van der Waals surface area (Å²) in [5.74, 6) is -8.70. The minimum Gasteiger partial charge on any atom is -0.430 e. The van der Waals surface area contributed by atoms with Gasteiger partial charge in [0.25, 0.3) is 0 Å². The van der Waals surface area contributed by atoms with Crippen LogP contribution in [-0.2, 0) is 4.74 Å². The average Bonchev–Trinajstić information content (AvgIpc) is 2.94. The van der Waals surface area contributed by atoms with Crippen LogP contribution in [0.1, 0.15) is 129 Å². The lowest BCUT2D eigenvalue weighted by atomic mass is 9.65. The van der Waals surface area contributed by atoms with Gasteiger partial charge in [0.05, 0.1) is 5.92 Å². The molecule has 230 valence electrons.